The van der Waals surface area contributed by atoms with Gasteiger partial charge in [0.25, 0.3) is 0 Å². The third-order valence-electron chi connectivity index (χ3n) is 4.64. The fourth-order valence-corrected chi connectivity index (χ4v) is 3.18. The van der Waals surface area contributed by atoms with E-state index in [1.165, 1.54) is 49.1 Å². The smallest absolute Gasteiger partial charge is 0.131 e. The summed E-state index contributed by atoms with van der Waals surface area (Å²) in [5.74, 6) is 2.53. The van der Waals surface area contributed by atoms with E-state index in [0.29, 0.717) is 5.92 Å². The van der Waals surface area contributed by atoms with Crippen LogP contribution in [-0.2, 0) is 6.54 Å². The Bertz CT molecular complexity index is 442. The second-order valence-electron chi connectivity index (χ2n) is 6.50. The molecule has 3 heteroatoms. The van der Waals surface area contributed by atoms with Gasteiger partial charge in [0.15, 0.2) is 0 Å². The molecule has 0 saturated heterocycles. The first-order valence-corrected chi connectivity index (χ1v) is 7.71. The van der Waals surface area contributed by atoms with Crippen molar-refractivity contribution in [3.63, 3.8) is 0 Å². The first-order chi connectivity index (χ1) is 9.13. The molecule has 104 valence electrons. The van der Waals surface area contributed by atoms with Crippen molar-refractivity contribution < 1.29 is 0 Å². The van der Waals surface area contributed by atoms with E-state index in [1.807, 2.05) is 0 Å². The van der Waals surface area contributed by atoms with Crippen molar-refractivity contribution in [1.29, 1.82) is 0 Å². The van der Waals surface area contributed by atoms with Crippen LogP contribution in [0.2, 0.25) is 0 Å². The van der Waals surface area contributed by atoms with E-state index in [2.05, 4.69) is 26.1 Å². The van der Waals surface area contributed by atoms with Gasteiger partial charge in [0.1, 0.15) is 5.82 Å². The zero-order chi connectivity index (χ0) is 13.4. The fourth-order valence-electron chi connectivity index (χ4n) is 3.18. The average Bonchev–Trinajstić information content (AvgIpc) is 3.08. The number of aromatic nitrogens is 2. The van der Waals surface area contributed by atoms with Gasteiger partial charge in [-0.05, 0) is 51.9 Å². The highest BCUT2D eigenvalue weighted by Gasteiger charge is 2.26. The van der Waals surface area contributed by atoms with Crippen molar-refractivity contribution in [3.05, 3.63) is 22.8 Å². The molecule has 1 N–H and O–H groups in total. The van der Waals surface area contributed by atoms with Crippen molar-refractivity contribution in [2.75, 3.05) is 0 Å². The lowest BCUT2D eigenvalue weighted by atomic mass is 10.0. The predicted molar refractivity (Wildman–Crippen MR) is 77.1 cm³/mol. The summed E-state index contributed by atoms with van der Waals surface area (Å²) in [5, 5.41) is 3.57. The van der Waals surface area contributed by atoms with Gasteiger partial charge < -0.3 is 5.32 Å². The number of hydrogen-bond donors (Lipinski definition) is 1. The Morgan fingerprint density at radius 1 is 1.05 bits per heavy atom. The van der Waals surface area contributed by atoms with Crippen molar-refractivity contribution in [2.24, 2.45) is 5.92 Å². The van der Waals surface area contributed by atoms with Crippen LogP contribution in [0.15, 0.2) is 0 Å². The summed E-state index contributed by atoms with van der Waals surface area (Å²) in [6.45, 7) is 7.55. The molecule has 3 rings (SSSR count). The largest absolute Gasteiger partial charge is 0.310 e. The first-order valence-electron chi connectivity index (χ1n) is 7.71. The molecule has 3 nitrogen and oxygen atoms in total. The SMILES string of the molecule is Cc1nc(C2CCC(C)C2)nc(C)c1CNC1CC1. The third-order valence-corrected chi connectivity index (χ3v) is 4.64. The van der Waals surface area contributed by atoms with Crippen LogP contribution in [-0.4, -0.2) is 16.0 Å². The molecule has 2 aliphatic carbocycles. The van der Waals surface area contributed by atoms with E-state index in [1.54, 1.807) is 0 Å². The van der Waals surface area contributed by atoms with E-state index in [0.717, 1.165) is 24.3 Å². The monoisotopic (exact) mass is 259 g/mol. The molecule has 2 fully saturated rings. The molecule has 2 aliphatic rings. The van der Waals surface area contributed by atoms with E-state index >= 15 is 0 Å². The number of hydrogen-bond acceptors (Lipinski definition) is 3. The maximum absolute atomic E-state index is 4.80. The fraction of sp³-hybridized carbons (Fsp3) is 0.750. The van der Waals surface area contributed by atoms with Gasteiger partial charge in [0, 0.05) is 35.5 Å². The molecule has 2 saturated carbocycles. The van der Waals surface area contributed by atoms with Gasteiger partial charge in [-0.15, -0.1) is 0 Å². The Balaban J connectivity index is 1.76. The van der Waals surface area contributed by atoms with E-state index < -0.39 is 0 Å². The molecule has 1 aromatic rings. The Kier molecular flexibility index (Phi) is 3.57. The van der Waals surface area contributed by atoms with Crippen LogP contribution in [0.25, 0.3) is 0 Å². The van der Waals surface area contributed by atoms with Crippen molar-refractivity contribution in [1.82, 2.24) is 15.3 Å². The molecule has 19 heavy (non-hydrogen) atoms. The first kappa shape index (κ1) is 13.0. The number of nitrogens with zero attached hydrogens (tertiary/aromatic N) is 2. The second-order valence-corrected chi connectivity index (χ2v) is 6.50. The molecule has 0 aliphatic heterocycles. The van der Waals surface area contributed by atoms with Gasteiger partial charge in [-0.1, -0.05) is 6.92 Å². The normalized spacial score (nSPS) is 26.9. The summed E-state index contributed by atoms with van der Waals surface area (Å²) < 4.78 is 0. The van der Waals surface area contributed by atoms with Crippen LogP contribution in [0.4, 0.5) is 0 Å². The Morgan fingerprint density at radius 2 is 1.74 bits per heavy atom. The minimum atomic E-state index is 0.595. The van der Waals surface area contributed by atoms with Crippen LogP contribution in [0.1, 0.15) is 67.7 Å². The predicted octanol–water partition coefficient (Wildman–Crippen LogP) is 3.25. The van der Waals surface area contributed by atoms with Crippen molar-refractivity contribution in [3.8, 4) is 0 Å². The molecule has 2 atom stereocenters. The highest BCUT2D eigenvalue weighted by molar-refractivity contribution is 5.25. The van der Waals surface area contributed by atoms with E-state index in [4.69, 9.17) is 9.97 Å². The molecule has 0 spiro atoms. The zero-order valence-corrected chi connectivity index (χ0v) is 12.4. The van der Waals surface area contributed by atoms with Crippen LogP contribution in [0.5, 0.6) is 0 Å². The second kappa shape index (κ2) is 5.20. The van der Waals surface area contributed by atoms with Gasteiger partial charge in [-0.25, -0.2) is 9.97 Å². The Labute approximate surface area is 116 Å². The summed E-state index contributed by atoms with van der Waals surface area (Å²) in [4.78, 5) is 9.60. The van der Waals surface area contributed by atoms with E-state index in [9.17, 15) is 0 Å². The Morgan fingerprint density at radius 3 is 2.26 bits per heavy atom. The van der Waals surface area contributed by atoms with Gasteiger partial charge in [0.05, 0.1) is 0 Å². The topological polar surface area (TPSA) is 37.8 Å². The lowest BCUT2D eigenvalue weighted by Gasteiger charge is -2.14. The standard InChI is InChI=1S/C16H25N3/c1-10-4-5-13(8-10)16-18-11(2)15(12(3)19-16)9-17-14-6-7-14/h10,13-14,17H,4-9H2,1-3H3. The minimum Gasteiger partial charge on any atom is -0.310 e. The van der Waals surface area contributed by atoms with E-state index in [-0.39, 0.29) is 0 Å². The van der Waals surface area contributed by atoms with Crippen molar-refractivity contribution in [2.45, 2.75) is 71.4 Å². The molecule has 1 aromatic heterocycles. The van der Waals surface area contributed by atoms with Gasteiger partial charge >= 0.3 is 0 Å². The van der Waals surface area contributed by atoms with Crippen molar-refractivity contribution >= 4 is 0 Å². The maximum Gasteiger partial charge on any atom is 0.131 e. The lowest BCUT2D eigenvalue weighted by Crippen LogP contribution is -2.19. The summed E-state index contributed by atoms with van der Waals surface area (Å²) in [6.07, 6.45) is 6.52. The van der Waals surface area contributed by atoms with Crippen LogP contribution < -0.4 is 5.32 Å². The van der Waals surface area contributed by atoms with Gasteiger partial charge in [0.2, 0.25) is 0 Å². The van der Waals surface area contributed by atoms with Crippen LogP contribution >= 0.6 is 0 Å². The summed E-state index contributed by atoms with van der Waals surface area (Å²) >= 11 is 0. The quantitative estimate of drug-likeness (QED) is 0.902. The summed E-state index contributed by atoms with van der Waals surface area (Å²) in [5.41, 5.74) is 3.66. The highest BCUT2D eigenvalue weighted by atomic mass is 15.0. The van der Waals surface area contributed by atoms with Gasteiger partial charge in [-0.2, -0.15) is 0 Å². The Hall–Kier alpha value is -0.960. The number of rotatable bonds is 4. The number of aryl methyl sites for hydroxylation is 2. The van der Waals surface area contributed by atoms with Crippen LogP contribution in [0, 0.1) is 19.8 Å². The minimum absolute atomic E-state index is 0.595. The molecule has 0 aromatic carbocycles. The maximum atomic E-state index is 4.80. The molecule has 0 radical (unpaired) electrons. The summed E-state index contributed by atoms with van der Waals surface area (Å²) in [6, 6.07) is 0.745. The average molecular weight is 259 g/mol. The van der Waals surface area contributed by atoms with Crippen LogP contribution in [0.3, 0.4) is 0 Å². The molecule has 1 heterocycles. The lowest BCUT2D eigenvalue weighted by molar-refractivity contribution is 0.581. The molecule has 0 amide bonds. The van der Waals surface area contributed by atoms with Gasteiger partial charge in [-0.3, -0.25) is 0 Å². The molecule has 0 bridgehead atoms. The third kappa shape index (κ3) is 2.97. The molecule has 2 unspecified atom stereocenters. The molecular weight excluding hydrogens is 234 g/mol. The molecular formula is C16H25N3. The zero-order valence-electron chi connectivity index (χ0n) is 12.4. The summed E-state index contributed by atoms with van der Waals surface area (Å²) in [7, 11) is 0. The highest BCUT2D eigenvalue weighted by Crippen LogP contribution is 2.36. The number of nitrogens with one attached hydrogen (secondary N) is 1.